The summed E-state index contributed by atoms with van der Waals surface area (Å²) in [6.45, 7) is 3.28. The topological polar surface area (TPSA) is 80.3 Å². The van der Waals surface area contributed by atoms with Crippen LogP contribution in [0.3, 0.4) is 0 Å². The Morgan fingerprint density at radius 2 is 2.50 bits per heavy atom. The first kappa shape index (κ1) is 12.4. The molecule has 1 atom stereocenters. The second-order valence-corrected chi connectivity index (χ2v) is 4.12. The number of furan rings is 1. The number of hydrogen-bond donors (Lipinski definition) is 2. The molecule has 0 spiro atoms. The van der Waals surface area contributed by atoms with Crippen LogP contribution in [0.4, 0.5) is 0 Å². The lowest BCUT2D eigenvalue weighted by molar-refractivity contribution is 0.0696. The molecule has 2 rings (SSSR count). The predicted octanol–water partition coefficient (Wildman–Crippen LogP) is 1.35. The molecule has 0 aliphatic rings. The molecule has 2 heterocycles. The first-order valence-electron chi connectivity index (χ1n) is 5.66. The normalized spacial score (nSPS) is 12.5. The number of carboxylic acid groups (broad SMARTS) is 1. The van der Waals surface area contributed by atoms with Crippen molar-refractivity contribution in [1.29, 1.82) is 0 Å². The van der Waals surface area contributed by atoms with E-state index in [1.54, 1.807) is 6.20 Å². The first-order valence-corrected chi connectivity index (χ1v) is 5.66. The molecule has 0 radical (unpaired) electrons. The van der Waals surface area contributed by atoms with Gasteiger partial charge in [-0.15, -0.1) is 0 Å². The van der Waals surface area contributed by atoms with Crippen LogP contribution in [0.2, 0.25) is 0 Å². The van der Waals surface area contributed by atoms with E-state index in [0.717, 1.165) is 6.54 Å². The van der Waals surface area contributed by atoms with Gasteiger partial charge in [0.25, 0.3) is 0 Å². The zero-order valence-corrected chi connectivity index (χ0v) is 10.0. The molecule has 0 saturated carbocycles. The molecule has 0 fully saturated rings. The minimum atomic E-state index is -0.977. The van der Waals surface area contributed by atoms with Crippen LogP contribution in [0, 0.1) is 0 Å². The molecule has 96 valence electrons. The average Bonchev–Trinajstić information content (AvgIpc) is 2.96. The van der Waals surface area contributed by atoms with E-state index in [9.17, 15) is 4.79 Å². The van der Waals surface area contributed by atoms with Gasteiger partial charge in [-0.2, -0.15) is 5.10 Å². The van der Waals surface area contributed by atoms with Crippen LogP contribution in [0.15, 0.2) is 35.2 Å². The van der Waals surface area contributed by atoms with Crippen LogP contribution in [-0.2, 0) is 13.1 Å². The lowest BCUT2D eigenvalue weighted by Gasteiger charge is -2.12. The number of aromatic carboxylic acids is 1. The summed E-state index contributed by atoms with van der Waals surface area (Å²) in [6.07, 6.45) is 4.88. The monoisotopic (exact) mass is 249 g/mol. The Kier molecular flexibility index (Phi) is 3.78. The van der Waals surface area contributed by atoms with Gasteiger partial charge in [0.2, 0.25) is 0 Å². The van der Waals surface area contributed by atoms with E-state index in [0.29, 0.717) is 12.3 Å². The molecule has 1 unspecified atom stereocenters. The highest BCUT2D eigenvalue weighted by Gasteiger charge is 2.09. The quantitative estimate of drug-likeness (QED) is 0.807. The van der Waals surface area contributed by atoms with E-state index in [4.69, 9.17) is 9.52 Å². The molecule has 2 aromatic heterocycles. The number of nitrogens with one attached hydrogen (secondary N) is 1. The summed E-state index contributed by atoms with van der Waals surface area (Å²) in [6, 6.07) is 3.61. The van der Waals surface area contributed by atoms with Crippen molar-refractivity contribution in [3.63, 3.8) is 0 Å². The van der Waals surface area contributed by atoms with Crippen molar-refractivity contribution in [2.75, 3.05) is 0 Å². The van der Waals surface area contributed by atoms with Gasteiger partial charge in [-0.3, -0.25) is 4.68 Å². The van der Waals surface area contributed by atoms with Crippen molar-refractivity contribution >= 4 is 5.97 Å². The summed E-state index contributed by atoms with van der Waals surface area (Å²) < 4.78 is 6.98. The van der Waals surface area contributed by atoms with Gasteiger partial charge < -0.3 is 14.8 Å². The largest absolute Gasteiger partial charge is 0.478 e. The Labute approximate surface area is 104 Å². The molecule has 0 bridgehead atoms. The Morgan fingerprint density at radius 3 is 3.11 bits per heavy atom. The zero-order valence-electron chi connectivity index (χ0n) is 10.0. The Balaban J connectivity index is 1.81. The molecule has 6 heteroatoms. The van der Waals surface area contributed by atoms with E-state index in [2.05, 4.69) is 10.4 Å². The van der Waals surface area contributed by atoms with Crippen LogP contribution in [0.5, 0.6) is 0 Å². The highest BCUT2D eigenvalue weighted by atomic mass is 16.4. The van der Waals surface area contributed by atoms with E-state index in [-0.39, 0.29) is 11.6 Å². The Hall–Kier alpha value is -2.08. The fourth-order valence-electron chi connectivity index (χ4n) is 1.61. The molecule has 0 amide bonds. The number of nitrogens with zero attached hydrogens (tertiary/aromatic N) is 2. The van der Waals surface area contributed by atoms with E-state index in [1.165, 1.54) is 12.3 Å². The summed E-state index contributed by atoms with van der Waals surface area (Å²) in [7, 11) is 0. The zero-order chi connectivity index (χ0) is 13.0. The SMILES string of the molecule is CC(Cn1cccn1)NCc1cc(C(=O)O)co1. The van der Waals surface area contributed by atoms with Crippen LogP contribution < -0.4 is 5.32 Å². The molecule has 0 aromatic carbocycles. The maximum Gasteiger partial charge on any atom is 0.338 e. The van der Waals surface area contributed by atoms with Gasteiger partial charge >= 0.3 is 5.97 Å². The van der Waals surface area contributed by atoms with Gasteiger partial charge in [0.1, 0.15) is 12.0 Å². The summed E-state index contributed by atoms with van der Waals surface area (Å²) in [5.41, 5.74) is 0.173. The minimum Gasteiger partial charge on any atom is -0.478 e. The molecular weight excluding hydrogens is 234 g/mol. The summed E-state index contributed by atoms with van der Waals surface area (Å²) in [4.78, 5) is 10.7. The number of hydrogen-bond acceptors (Lipinski definition) is 4. The summed E-state index contributed by atoms with van der Waals surface area (Å²) in [5, 5.41) is 16.1. The first-order chi connectivity index (χ1) is 8.65. The lowest BCUT2D eigenvalue weighted by atomic mass is 10.3. The van der Waals surface area contributed by atoms with Crippen molar-refractivity contribution in [2.45, 2.75) is 26.1 Å². The smallest absolute Gasteiger partial charge is 0.338 e. The summed E-state index contributed by atoms with van der Waals surface area (Å²) >= 11 is 0. The number of carbonyl (C=O) groups is 1. The minimum absolute atomic E-state index is 0.173. The van der Waals surface area contributed by atoms with Crippen LogP contribution in [0.25, 0.3) is 0 Å². The van der Waals surface area contributed by atoms with E-state index in [1.807, 2.05) is 23.9 Å². The average molecular weight is 249 g/mol. The van der Waals surface area contributed by atoms with Crippen LogP contribution in [-0.4, -0.2) is 26.9 Å². The molecule has 6 nitrogen and oxygen atoms in total. The maximum atomic E-state index is 10.7. The fourth-order valence-corrected chi connectivity index (χ4v) is 1.61. The van der Waals surface area contributed by atoms with Crippen LogP contribution >= 0.6 is 0 Å². The van der Waals surface area contributed by atoms with Crippen molar-refractivity contribution in [3.8, 4) is 0 Å². The molecule has 0 aliphatic heterocycles. The standard InChI is InChI=1S/C12H15N3O3/c1-9(7-15-4-2-3-14-15)13-6-11-5-10(8-18-11)12(16)17/h2-5,8-9,13H,6-7H2,1H3,(H,16,17). The molecule has 2 aromatic rings. The van der Waals surface area contributed by atoms with E-state index >= 15 is 0 Å². The Morgan fingerprint density at radius 1 is 1.67 bits per heavy atom. The maximum absolute atomic E-state index is 10.7. The highest BCUT2D eigenvalue weighted by molar-refractivity contribution is 5.87. The van der Waals surface area contributed by atoms with Crippen molar-refractivity contribution in [1.82, 2.24) is 15.1 Å². The number of rotatable bonds is 6. The van der Waals surface area contributed by atoms with Gasteiger partial charge in [0, 0.05) is 18.4 Å². The molecular formula is C12H15N3O3. The van der Waals surface area contributed by atoms with Gasteiger partial charge in [0.05, 0.1) is 18.7 Å². The fraction of sp³-hybridized carbons (Fsp3) is 0.333. The second-order valence-electron chi connectivity index (χ2n) is 4.12. The second kappa shape index (κ2) is 5.50. The predicted molar refractivity (Wildman–Crippen MR) is 64.2 cm³/mol. The van der Waals surface area contributed by atoms with Gasteiger partial charge in [-0.05, 0) is 19.1 Å². The van der Waals surface area contributed by atoms with Crippen LogP contribution in [0.1, 0.15) is 23.0 Å². The molecule has 2 N–H and O–H groups in total. The Bertz CT molecular complexity index is 504. The van der Waals surface area contributed by atoms with Gasteiger partial charge in [-0.1, -0.05) is 0 Å². The third-order valence-electron chi connectivity index (χ3n) is 2.55. The third-order valence-corrected chi connectivity index (χ3v) is 2.55. The van der Waals surface area contributed by atoms with Crippen molar-refractivity contribution < 1.29 is 14.3 Å². The highest BCUT2D eigenvalue weighted by Crippen LogP contribution is 2.07. The van der Waals surface area contributed by atoms with Gasteiger partial charge in [-0.25, -0.2) is 4.79 Å². The van der Waals surface area contributed by atoms with Crippen molar-refractivity contribution in [3.05, 3.63) is 42.1 Å². The van der Waals surface area contributed by atoms with Gasteiger partial charge in [0.15, 0.2) is 0 Å². The lowest BCUT2D eigenvalue weighted by Crippen LogP contribution is -2.29. The van der Waals surface area contributed by atoms with Crippen molar-refractivity contribution in [2.24, 2.45) is 0 Å². The third kappa shape index (κ3) is 3.21. The number of carboxylic acids is 1. The van der Waals surface area contributed by atoms with E-state index < -0.39 is 5.97 Å². The molecule has 0 aliphatic carbocycles. The number of aromatic nitrogens is 2. The molecule has 18 heavy (non-hydrogen) atoms. The summed E-state index contributed by atoms with van der Waals surface area (Å²) in [5.74, 6) is -0.366. The molecule has 0 saturated heterocycles.